The summed E-state index contributed by atoms with van der Waals surface area (Å²) in [6, 6.07) is 10.2. The van der Waals surface area contributed by atoms with Crippen LogP contribution in [0, 0.1) is 0 Å². The minimum Gasteiger partial charge on any atom is -0.497 e. The Morgan fingerprint density at radius 2 is 1.78 bits per heavy atom. The highest BCUT2D eigenvalue weighted by Crippen LogP contribution is 2.31. The number of aromatic nitrogens is 4. The zero-order valence-electron chi connectivity index (χ0n) is 13.0. The van der Waals surface area contributed by atoms with Crippen molar-refractivity contribution in [2.45, 2.75) is 0 Å². The lowest BCUT2D eigenvalue weighted by Crippen LogP contribution is -1.90. The molecule has 0 aliphatic rings. The first kappa shape index (κ1) is 13.6. The van der Waals surface area contributed by atoms with Gasteiger partial charge in [0.2, 0.25) is 0 Å². The number of methoxy groups -OCH3 is 1. The fourth-order valence-corrected chi connectivity index (χ4v) is 2.76. The van der Waals surface area contributed by atoms with Crippen LogP contribution in [-0.2, 0) is 7.05 Å². The van der Waals surface area contributed by atoms with E-state index in [0.717, 1.165) is 33.5 Å². The Labute approximate surface area is 133 Å². The van der Waals surface area contributed by atoms with E-state index in [-0.39, 0.29) is 0 Å². The van der Waals surface area contributed by atoms with Crippen LogP contribution in [0.3, 0.4) is 0 Å². The Hall–Kier alpha value is -3.08. The van der Waals surface area contributed by atoms with Crippen molar-refractivity contribution in [1.29, 1.82) is 0 Å². The fourth-order valence-electron chi connectivity index (χ4n) is 2.76. The molecule has 0 saturated carbocycles. The molecule has 0 N–H and O–H groups in total. The average molecular weight is 304 g/mol. The number of aryl methyl sites for hydroxylation is 1. The molecule has 23 heavy (non-hydrogen) atoms. The lowest BCUT2D eigenvalue weighted by atomic mass is 10.0. The van der Waals surface area contributed by atoms with Crippen LogP contribution in [0.1, 0.15) is 0 Å². The van der Waals surface area contributed by atoms with Gasteiger partial charge in [-0.05, 0) is 23.8 Å². The second kappa shape index (κ2) is 5.28. The highest BCUT2D eigenvalue weighted by molar-refractivity contribution is 5.84. The smallest absolute Gasteiger partial charge is 0.118 e. The maximum atomic E-state index is 5.24. The zero-order chi connectivity index (χ0) is 15.8. The summed E-state index contributed by atoms with van der Waals surface area (Å²) in [7, 11) is 3.59. The molecule has 5 heteroatoms. The van der Waals surface area contributed by atoms with Gasteiger partial charge in [-0.25, -0.2) is 4.98 Å². The molecule has 0 fully saturated rings. The second-order valence-corrected chi connectivity index (χ2v) is 5.46. The van der Waals surface area contributed by atoms with E-state index in [1.165, 1.54) is 0 Å². The Kier molecular flexibility index (Phi) is 3.12. The number of ether oxygens (including phenoxy) is 1. The van der Waals surface area contributed by atoms with E-state index >= 15 is 0 Å². The first-order valence-corrected chi connectivity index (χ1v) is 7.34. The topological polar surface area (TPSA) is 44.4 Å². The summed E-state index contributed by atoms with van der Waals surface area (Å²) in [5, 5.41) is 4.26. The van der Waals surface area contributed by atoms with E-state index in [2.05, 4.69) is 34.5 Å². The van der Waals surface area contributed by atoms with Crippen molar-refractivity contribution in [3.8, 4) is 28.0 Å². The van der Waals surface area contributed by atoms with E-state index in [1.54, 1.807) is 11.8 Å². The van der Waals surface area contributed by atoms with Gasteiger partial charge >= 0.3 is 0 Å². The van der Waals surface area contributed by atoms with Crippen LogP contribution in [0.25, 0.3) is 27.8 Å². The summed E-state index contributed by atoms with van der Waals surface area (Å²) < 4.78 is 9.09. The molecule has 4 aromatic rings. The number of imidazole rings is 1. The molecule has 3 aromatic heterocycles. The molecule has 0 unspecified atom stereocenters. The van der Waals surface area contributed by atoms with Crippen LogP contribution in [0.2, 0.25) is 0 Å². The van der Waals surface area contributed by atoms with E-state index in [4.69, 9.17) is 4.74 Å². The highest BCUT2D eigenvalue weighted by Gasteiger charge is 2.10. The van der Waals surface area contributed by atoms with Crippen molar-refractivity contribution in [2.24, 2.45) is 7.05 Å². The number of benzene rings is 1. The van der Waals surface area contributed by atoms with Gasteiger partial charge in [-0.2, -0.15) is 5.10 Å². The fraction of sp³-hybridized carbons (Fsp3) is 0.111. The molecule has 114 valence electrons. The largest absolute Gasteiger partial charge is 0.497 e. The molecule has 0 spiro atoms. The molecule has 1 aromatic carbocycles. The Morgan fingerprint density at radius 1 is 0.957 bits per heavy atom. The molecule has 4 rings (SSSR count). The van der Waals surface area contributed by atoms with Gasteiger partial charge in [0.05, 0.1) is 31.3 Å². The van der Waals surface area contributed by atoms with Crippen LogP contribution in [0.4, 0.5) is 0 Å². The maximum Gasteiger partial charge on any atom is 0.118 e. The van der Waals surface area contributed by atoms with Crippen molar-refractivity contribution in [3.05, 3.63) is 61.4 Å². The summed E-state index contributed by atoms with van der Waals surface area (Å²) in [5.74, 6) is 0.849. The van der Waals surface area contributed by atoms with Crippen LogP contribution in [0.15, 0.2) is 61.4 Å². The van der Waals surface area contributed by atoms with E-state index in [1.807, 2.05) is 48.5 Å². The molecule has 0 bridgehead atoms. The normalized spacial score (nSPS) is 11.0. The van der Waals surface area contributed by atoms with Crippen LogP contribution in [-0.4, -0.2) is 26.3 Å². The Balaban J connectivity index is 1.91. The Morgan fingerprint density at radius 3 is 2.48 bits per heavy atom. The number of rotatable bonds is 3. The quantitative estimate of drug-likeness (QED) is 0.582. The van der Waals surface area contributed by atoms with Gasteiger partial charge in [0, 0.05) is 36.1 Å². The van der Waals surface area contributed by atoms with Gasteiger partial charge in [-0.15, -0.1) is 0 Å². The minimum absolute atomic E-state index is 0.849. The molecule has 0 saturated heterocycles. The summed E-state index contributed by atoms with van der Waals surface area (Å²) in [4.78, 5) is 4.28. The molecular weight excluding hydrogens is 288 g/mol. The average Bonchev–Trinajstić information content (AvgIpc) is 3.22. The van der Waals surface area contributed by atoms with E-state index in [0.29, 0.717) is 0 Å². The summed E-state index contributed by atoms with van der Waals surface area (Å²) in [6.07, 6.45) is 9.66. The van der Waals surface area contributed by atoms with Crippen molar-refractivity contribution < 1.29 is 4.74 Å². The number of hydrogen-bond donors (Lipinski definition) is 0. The molecule has 0 atom stereocenters. The highest BCUT2D eigenvalue weighted by atomic mass is 16.5. The van der Waals surface area contributed by atoms with Crippen molar-refractivity contribution in [1.82, 2.24) is 19.2 Å². The van der Waals surface area contributed by atoms with Gasteiger partial charge in [0.25, 0.3) is 0 Å². The molecule has 5 nitrogen and oxygen atoms in total. The van der Waals surface area contributed by atoms with Gasteiger partial charge < -0.3 is 9.14 Å². The summed E-state index contributed by atoms with van der Waals surface area (Å²) >= 11 is 0. The van der Waals surface area contributed by atoms with Gasteiger partial charge in [-0.1, -0.05) is 12.1 Å². The molecule has 0 amide bonds. The third-order valence-electron chi connectivity index (χ3n) is 3.96. The SMILES string of the molecule is COc1ccc(-c2cc(-c3cnn(C)c3)cn3cncc23)cc1. The van der Waals surface area contributed by atoms with Crippen LogP contribution >= 0.6 is 0 Å². The van der Waals surface area contributed by atoms with Crippen molar-refractivity contribution in [2.75, 3.05) is 7.11 Å². The Bertz CT molecular complexity index is 966. The molecule has 0 aliphatic heterocycles. The number of pyridine rings is 1. The standard InChI is InChI=1S/C18H16N4O/c1-21-10-15(8-20-21)14-7-17(18-9-19-12-22(18)11-14)13-3-5-16(23-2)6-4-13/h3-12H,1-2H3. The predicted molar refractivity (Wildman–Crippen MR) is 89.4 cm³/mol. The van der Waals surface area contributed by atoms with Crippen LogP contribution < -0.4 is 4.74 Å². The summed E-state index contributed by atoms with van der Waals surface area (Å²) in [6.45, 7) is 0. The molecular formula is C18H16N4O. The number of nitrogens with zero attached hydrogens (tertiary/aromatic N) is 4. The minimum atomic E-state index is 0.849. The van der Waals surface area contributed by atoms with Crippen molar-refractivity contribution >= 4 is 5.52 Å². The molecule has 0 aliphatic carbocycles. The number of fused-ring (bicyclic) bond motifs is 1. The number of hydrogen-bond acceptors (Lipinski definition) is 3. The predicted octanol–water partition coefficient (Wildman–Crippen LogP) is 3.41. The third-order valence-corrected chi connectivity index (χ3v) is 3.96. The lowest BCUT2D eigenvalue weighted by molar-refractivity contribution is 0.415. The molecule has 3 heterocycles. The van der Waals surface area contributed by atoms with Gasteiger partial charge in [0.15, 0.2) is 0 Å². The first-order valence-electron chi connectivity index (χ1n) is 7.34. The van der Waals surface area contributed by atoms with Crippen LogP contribution in [0.5, 0.6) is 5.75 Å². The zero-order valence-corrected chi connectivity index (χ0v) is 13.0. The van der Waals surface area contributed by atoms with E-state index < -0.39 is 0 Å². The summed E-state index contributed by atoms with van der Waals surface area (Å²) in [5.41, 5.74) is 5.52. The second-order valence-electron chi connectivity index (χ2n) is 5.46. The monoisotopic (exact) mass is 304 g/mol. The first-order chi connectivity index (χ1) is 11.2. The van der Waals surface area contributed by atoms with Gasteiger partial charge in [-0.3, -0.25) is 4.68 Å². The van der Waals surface area contributed by atoms with E-state index in [9.17, 15) is 0 Å². The third kappa shape index (κ3) is 2.36. The van der Waals surface area contributed by atoms with Gasteiger partial charge in [0.1, 0.15) is 5.75 Å². The van der Waals surface area contributed by atoms with Crippen molar-refractivity contribution in [3.63, 3.8) is 0 Å². The maximum absolute atomic E-state index is 5.24. The lowest BCUT2D eigenvalue weighted by Gasteiger charge is -2.09. The molecule has 0 radical (unpaired) electrons.